The third-order valence-electron chi connectivity index (χ3n) is 6.38. The quantitative estimate of drug-likeness (QED) is 0.282. The molecule has 1 aliphatic heterocycles. The van der Waals surface area contributed by atoms with Gasteiger partial charge in [0.1, 0.15) is 11.4 Å². The van der Waals surface area contributed by atoms with E-state index in [1.165, 1.54) is 18.3 Å². The van der Waals surface area contributed by atoms with Crippen LogP contribution in [-0.2, 0) is 16.0 Å². The number of anilines is 3. The lowest BCUT2D eigenvalue weighted by molar-refractivity contribution is -0.160. The predicted molar refractivity (Wildman–Crippen MR) is 151 cm³/mol. The number of carbonyl (C=O) groups is 2. The van der Waals surface area contributed by atoms with Crippen LogP contribution in [0.4, 0.5) is 32.1 Å². The SMILES string of the molecule is CC=Nc1ccc(NC(=O)N2CCc3c(N(CCC)CCC(CC)C(=O)OC(C)(C)C)ccnc32)cc1F. The molecule has 2 amide bonds. The average Bonchev–Trinajstić information content (AvgIpc) is 3.29. The van der Waals surface area contributed by atoms with E-state index in [2.05, 4.69) is 27.1 Å². The Labute approximate surface area is 225 Å². The number of halogens is 1. The monoisotopic (exact) mass is 525 g/mol. The lowest BCUT2D eigenvalue weighted by atomic mass is 10.0. The third kappa shape index (κ3) is 7.30. The number of fused-ring (bicyclic) bond motifs is 1. The average molecular weight is 526 g/mol. The molecular formula is C29H40FN5O3. The zero-order chi connectivity index (χ0) is 27.9. The van der Waals surface area contributed by atoms with Crippen LogP contribution in [-0.4, -0.2) is 48.4 Å². The zero-order valence-electron chi connectivity index (χ0n) is 23.4. The van der Waals surface area contributed by atoms with Crippen molar-refractivity contribution in [3.05, 3.63) is 41.8 Å². The second-order valence-corrected chi connectivity index (χ2v) is 10.4. The van der Waals surface area contributed by atoms with Crippen molar-refractivity contribution in [1.82, 2.24) is 4.98 Å². The summed E-state index contributed by atoms with van der Waals surface area (Å²) in [5.41, 5.74) is 2.09. The van der Waals surface area contributed by atoms with Crippen LogP contribution in [0.25, 0.3) is 0 Å². The number of nitrogens with zero attached hydrogens (tertiary/aromatic N) is 4. The molecule has 8 nitrogen and oxygen atoms in total. The van der Waals surface area contributed by atoms with Crippen molar-refractivity contribution in [2.75, 3.05) is 34.8 Å². The Hall–Kier alpha value is -3.49. The first-order chi connectivity index (χ1) is 18.1. The lowest BCUT2D eigenvalue weighted by Crippen LogP contribution is -2.34. The standard InChI is InChI=1S/C29H40FN5O3/c1-7-16-34(17-13-20(8-2)27(36)38-29(4,5)6)25-12-15-32-26-22(25)14-18-35(26)28(37)33-21-10-11-24(31-9-3)23(30)19-21/h9-12,15,19-20H,7-8,13-14,16-18H2,1-6H3,(H,33,37). The first-order valence-electron chi connectivity index (χ1n) is 13.4. The number of nitrogens with one attached hydrogen (secondary N) is 1. The number of esters is 1. The molecule has 1 unspecified atom stereocenters. The third-order valence-corrected chi connectivity index (χ3v) is 6.38. The molecule has 0 saturated heterocycles. The Kier molecular flexibility index (Phi) is 9.83. The van der Waals surface area contributed by atoms with Gasteiger partial charge in [-0.1, -0.05) is 13.8 Å². The van der Waals surface area contributed by atoms with Crippen molar-refractivity contribution >= 4 is 41.1 Å². The van der Waals surface area contributed by atoms with Crippen molar-refractivity contribution in [2.45, 2.75) is 72.8 Å². The maximum atomic E-state index is 14.3. The molecule has 0 aliphatic carbocycles. The lowest BCUT2D eigenvalue weighted by Gasteiger charge is -2.29. The molecule has 9 heteroatoms. The van der Waals surface area contributed by atoms with Gasteiger partial charge in [0.05, 0.1) is 11.6 Å². The van der Waals surface area contributed by atoms with Crippen molar-refractivity contribution in [1.29, 1.82) is 0 Å². The van der Waals surface area contributed by atoms with Gasteiger partial charge in [-0.15, -0.1) is 0 Å². The molecule has 1 aromatic carbocycles. The van der Waals surface area contributed by atoms with Gasteiger partial charge in [0.25, 0.3) is 0 Å². The minimum atomic E-state index is -0.513. The Bertz CT molecular complexity index is 1160. The van der Waals surface area contributed by atoms with Gasteiger partial charge >= 0.3 is 12.0 Å². The Balaban J connectivity index is 1.75. The van der Waals surface area contributed by atoms with Crippen LogP contribution in [0.5, 0.6) is 0 Å². The minimum Gasteiger partial charge on any atom is -0.460 e. The van der Waals surface area contributed by atoms with Gasteiger partial charge in [0.2, 0.25) is 0 Å². The number of ether oxygens (including phenoxy) is 1. The molecule has 0 saturated carbocycles. The van der Waals surface area contributed by atoms with Crippen molar-refractivity contribution in [3.63, 3.8) is 0 Å². The van der Waals surface area contributed by atoms with E-state index < -0.39 is 11.4 Å². The van der Waals surface area contributed by atoms with Crippen LogP contribution in [0.2, 0.25) is 0 Å². The highest BCUT2D eigenvalue weighted by atomic mass is 19.1. The summed E-state index contributed by atoms with van der Waals surface area (Å²) in [4.78, 5) is 38.1. The molecule has 0 spiro atoms. The van der Waals surface area contributed by atoms with Gasteiger partial charge in [-0.2, -0.15) is 0 Å². The zero-order valence-corrected chi connectivity index (χ0v) is 23.4. The van der Waals surface area contributed by atoms with Gasteiger partial charge in [-0.05, 0) is 77.6 Å². The van der Waals surface area contributed by atoms with Gasteiger partial charge < -0.3 is 15.0 Å². The van der Waals surface area contributed by atoms with Crippen molar-refractivity contribution < 1.29 is 18.7 Å². The summed E-state index contributed by atoms with van der Waals surface area (Å²) >= 11 is 0. The summed E-state index contributed by atoms with van der Waals surface area (Å²) in [6, 6.07) is 6.04. The van der Waals surface area contributed by atoms with Crippen LogP contribution >= 0.6 is 0 Å². The highest BCUT2D eigenvalue weighted by molar-refractivity contribution is 6.03. The number of carbonyl (C=O) groups excluding carboxylic acids is 2. The number of hydrogen-bond acceptors (Lipinski definition) is 6. The van der Waals surface area contributed by atoms with E-state index in [0.29, 0.717) is 43.9 Å². The number of hydrogen-bond donors (Lipinski definition) is 1. The fourth-order valence-electron chi connectivity index (χ4n) is 4.59. The Morgan fingerprint density at radius 2 is 2.03 bits per heavy atom. The van der Waals surface area contributed by atoms with Crippen LogP contribution in [0, 0.1) is 11.7 Å². The van der Waals surface area contributed by atoms with E-state index in [4.69, 9.17) is 4.74 Å². The Morgan fingerprint density at radius 3 is 2.66 bits per heavy atom. The molecule has 1 N–H and O–H groups in total. The van der Waals surface area contributed by atoms with E-state index in [0.717, 1.165) is 24.2 Å². The summed E-state index contributed by atoms with van der Waals surface area (Å²) in [5.74, 6) is -0.242. The van der Waals surface area contributed by atoms with Crippen LogP contribution in [0.1, 0.15) is 66.4 Å². The van der Waals surface area contributed by atoms with E-state index in [1.54, 1.807) is 24.1 Å². The number of benzene rings is 1. The number of amides is 2. The van der Waals surface area contributed by atoms with E-state index >= 15 is 0 Å². The summed E-state index contributed by atoms with van der Waals surface area (Å²) in [6.45, 7) is 13.5. The molecule has 0 fully saturated rings. The van der Waals surface area contributed by atoms with E-state index in [-0.39, 0.29) is 23.6 Å². The summed E-state index contributed by atoms with van der Waals surface area (Å²) in [6.07, 6.45) is 6.22. The summed E-state index contributed by atoms with van der Waals surface area (Å²) in [5, 5.41) is 2.78. The first-order valence-corrected chi connectivity index (χ1v) is 13.4. The molecule has 0 bridgehead atoms. The molecular weight excluding hydrogens is 485 g/mol. The largest absolute Gasteiger partial charge is 0.460 e. The number of aromatic nitrogens is 1. The highest BCUT2D eigenvalue weighted by Gasteiger charge is 2.30. The molecule has 38 heavy (non-hydrogen) atoms. The Morgan fingerprint density at radius 1 is 1.26 bits per heavy atom. The molecule has 206 valence electrons. The van der Waals surface area contributed by atoms with Crippen LogP contribution in [0.15, 0.2) is 35.5 Å². The van der Waals surface area contributed by atoms with Crippen LogP contribution in [0.3, 0.4) is 0 Å². The second-order valence-electron chi connectivity index (χ2n) is 10.4. The number of rotatable bonds is 10. The first kappa shape index (κ1) is 29.1. The normalized spacial score (nSPS) is 13.9. The van der Waals surface area contributed by atoms with Crippen molar-refractivity contribution in [2.24, 2.45) is 10.9 Å². The molecule has 2 heterocycles. The van der Waals surface area contributed by atoms with Gasteiger partial charge in [-0.3, -0.25) is 14.7 Å². The van der Waals surface area contributed by atoms with Crippen LogP contribution < -0.4 is 15.1 Å². The number of urea groups is 1. The predicted octanol–water partition coefficient (Wildman–Crippen LogP) is 6.51. The second kappa shape index (κ2) is 12.8. The molecule has 2 aromatic rings. The van der Waals surface area contributed by atoms with Crippen molar-refractivity contribution in [3.8, 4) is 0 Å². The topological polar surface area (TPSA) is 87.1 Å². The van der Waals surface area contributed by atoms with E-state index in [1.807, 2.05) is 33.8 Å². The van der Waals surface area contributed by atoms with E-state index in [9.17, 15) is 14.0 Å². The smallest absolute Gasteiger partial charge is 0.327 e. The maximum Gasteiger partial charge on any atom is 0.327 e. The highest BCUT2D eigenvalue weighted by Crippen LogP contribution is 2.35. The number of aliphatic imine (C=N–C) groups is 1. The fraction of sp³-hybridized carbons (Fsp3) is 0.517. The van der Waals surface area contributed by atoms with Gasteiger partial charge in [0, 0.05) is 49.0 Å². The summed E-state index contributed by atoms with van der Waals surface area (Å²) in [7, 11) is 0. The molecule has 0 radical (unpaired) electrons. The summed E-state index contributed by atoms with van der Waals surface area (Å²) < 4.78 is 19.9. The van der Waals surface area contributed by atoms with Gasteiger partial charge in [-0.25, -0.2) is 14.2 Å². The molecule has 1 aromatic heterocycles. The number of pyridine rings is 1. The van der Waals surface area contributed by atoms with Gasteiger partial charge in [0.15, 0.2) is 5.82 Å². The minimum absolute atomic E-state index is 0.162. The maximum absolute atomic E-state index is 14.3. The molecule has 3 rings (SSSR count). The molecule has 1 aliphatic rings. The fourth-order valence-corrected chi connectivity index (χ4v) is 4.59. The molecule has 1 atom stereocenters.